The van der Waals surface area contributed by atoms with Gasteiger partial charge in [0.1, 0.15) is 30.5 Å². The molecule has 0 radical (unpaired) electrons. The van der Waals surface area contributed by atoms with E-state index in [-0.39, 0.29) is 5.82 Å². The Morgan fingerprint density at radius 1 is 0.778 bits per heavy atom. The molecule has 4 heteroatoms. The minimum Gasteiger partial charge on any atom is -0.489 e. The summed E-state index contributed by atoms with van der Waals surface area (Å²) in [6.45, 7) is 2.87. The lowest BCUT2D eigenvalue weighted by molar-refractivity contribution is -0.0384. The first-order valence-corrected chi connectivity index (χ1v) is 12.6. The van der Waals surface area contributed by atoms with Crippen LogP contribution in [0.2, 0.25) is 0 Å². The van der Waals surface area contributed by atoms with E-state index in [1.807, 2.05) is 72.8 Å². The first-order chi connectivity index (χ1) is 17.6. The zero-order chi connectivity index (χ0) is 25.0. The van der Waals surface area contributed by atoms with Gasteiger partial charge in [0, 0.05) is 11.6 Å². The molecule has 1 aliphatic carbocycles. The van der Waals surface area contributed by atoms with Crippen LogP contribution in [-0.4, -0.2) is 5.11 Å². The number of hydrogen-bond acceptors (Lipinski definition) is 3. The molecule has 1 aliphatic rings. The van der Waals surface area contributed by atoms with E-state index in [9.17, 15) is 5.11 Å². The fraction of sp³-hybridized carbons (Fsp3) is 0.250. The van der Waals surface area contributed by atoms with Crippen molar-refractivity contribution >= 4 is 0 Å². The third kappa shape index (κ3) is 5.14. The minimum atomic E-state index is -0.971. The highest BCUT2D eigenvalue weighted by Gasteiger charge is 2.39. The van der Waals surface area contributed by atoms with Gasteiger partial charge in [-0.2, -0.15) is 0 Å². The first kappa shape index (κ1) is 24.1. The molecule has 1 saturated carbocycles. The van der Waals surface area contributed by atoms with Crippen molar-refractivity contribution < 1.29 is 19.0 Å². The maximum absolute atomic E-state index is 15.5. The quantitative estimate of drug-likeness (QED) is 0.267. The van der Waals surface area contributed by atoms with Gasteiger partial charge in [0.15, 0.2) is 0 Å². The number of halogens is 1. The van der Waals surface area contributed by atoms with Gasteiger partial charge in [-0.1, -0.05) is 67.6 Å². The van der Waals surface area contributed by atoms with E-state index < -0.39 is 5.60 Å². The van der Waals surface area contributed by atoms with E-state index in [2.05, 4.69) is 6.92 Å². The lowest BCUT2D eigenvalue weighted by Gasteiger charge is -2.39. The van der Waals surface area contributed by atoms with Gasteiger partial charge in [-0.3, -0.25) is 0 Å². The number of hydrogen-bond donors (Lipinski definition) is 1. The molecule has 0 atom stereocenters. The summed E-state index contributed by atoms with van der Waals surface area (Å²) in [5, 5.41) is 11.3. The lowest BCUT2D eigenvalue weighted by Crippen LogP contribution is -2.34. The van der Waals surface area contributed by atoms with E-state index in [0.29, 0.717) is 42.9 Å². The molecule has 0 bridgehead atoms. The molecule has 36 heavy (non-hydrogen) atoms. The molecule has 4 aromatic rings. The van der Waals surface area contributed by atoms with Gasteiger partial charge < -0.3 is 14.6 Å². The number of ether oxygens (including phenoxy) is 2. The summed E-state index contributed by atoms with van der Waals surface area (Å²) in [4.78, 5) is 0. The molecule has 1 fully saturated rings. The summed E-state index contributed by atoms with van der Waals surface area (Å²) in [6, 6.07) is 28.7. The largest absolute Gasteiger partial charge is 0.489 e. The van der Waals surface area contributed by atoms with Crippen LogP contribution in [0, 0.1) is 5.82 Å². The summed E-state index contributed by atoms with van der Waals surface area (Å²) in [6.07, 6.45) is 2.99. The maximum Gasteiger partial charge on any atom is 0.134 e. The van der Waals surface area contributed by atoms with Crippen molar-refractivity contribution in [2.24, 2.45) is 0 Å². The van der Waals surface area contributed by atoms with Gasteiger partial charge in [0.05, 0.1) is 5.60 Å². The Labute approximate surface area is 212 Å². The highest BCUT2D eigenvalue weighted by atomic mass is 19.1. The van der Waals surface area contributed by atoms with Crippen LogP contribution in [0.15, 0.2) is 91.0 Å². The van der Waals surface area contributed by atoms with Crippen molar-refractivity contribution in [2.45, 2.75) is 51.4 Å². The number of aliphatic hydroxyl groups is 1. The van der Waals surface area contributed by atoms with Crippen LogP contribution in [0.5, 0.6) is 11.5 Å². The molecule has 0 amide bonds. The van der Waals surface area contributed by atoms with Crippen LogP contribution in [0.4, 0.5) is 4.39 Å². The average Bonchev–Trinajstić information content (AvgIpc) is 2.90. The van der Waals surface area contributed by atoms with Crippen molar-refractivity contribution in [3.63, 3.8) is 0 Å². The molecule has 0 spiro atoms. The Morgan fingerprint density at radius 3 is 1.97 bits per heavy atom. The van der Waals surface area contributed by atoms with Gasteiger partial charge in [0.25, 0.3) is 0 Å². The second kappa shape index (κ2) is 10.5. The lowest BCUT2D eigenvalue weighted by atomic mass is 9.72. The molecule has 1 N–H and O–H groups in total. The van der Waals surface area contributed by atoms with Crippen molar-refractivity contribution in [3.8, 4) is 22.6 Å². The van der Waals surface area contributed by atoms with Gasteiger partial charge in [-0.05, 0) is 77.8 Å². The van der Waals surface area contributed by atoms with Gasteiger partial charge in [0.2, 0.25) is 0 Å². The molecular formula is C32H31FO3. The second-order valence-corrected chi connectivity index (χ2v) is 9.43. The molecule has 4 aromatic carbocycles. The highest BCUT2D eigenvalue weighted by molar-refractivity contribution is 5.72. The average molecular weight is 483 g/mol. The topological polar surface area (TPSA) is 38.7 Å². The second-order valence-electron chi connectivity index (χ2n) is 9.43. The summed E-state index contributed by atoms with van der Waals surface area (Å²) >= 11 is 0. The fourth-order valence-corrected chi connectivity index (χ4v) is 4.70. The van der Waals surface area contributed by atoms with Crippen LogP contribution in [0.3, 0.4) is 0 Å². The van der Waals surface area contributed by atoms with Gasteiger partial charge >= 0.3 is 0 Å². The van der Waals surface area contributed by atoms with Gasteiger partial charge in [-0.25, -0.2) is 4.39 Å². The monoisotopic (exact) mass is 482 g/mol. The fourth-order valence-electron chi connectivity index (χ4n) is 4.70. The molecule has 5 rings (SSSR count). The first-order valence-electron chi connectivity index (χ1n) is 12.6. The minimum absolute atomic E-state index is 0.371. The van der Waals surface area contributed by atoms with E-state index in [4.69, 9.17) is 9.47 Å². The third-order valence-electron chi connectivity index (χ3n) is 6.98. The third-order valence-corrected chi connectivity index (χ3v) is 6.98. The zero-order valence-electron chi connectivity index (χ0n) is 20.5. The Morgan fingerprint density at radius 2 is 1.42 bits per heavy atom. The number of aryl methyl sites for hydroxylation is 1. The Hall–Kier alpha value is -3.63. The molecule has 0 saturated heterocycles. The Bertz CT molecular complexity index is 1310. The molecule has 0 heterocycles. The smallest absolute Gasteiger partial charge is 0.134 e. The van der Waals surface area contributed by atoms with Crippen molar-refractivity contribution in [1.82, 2.24) is 0 Å². The SMILES string of the molecule is CCc1cc(-c2ccc(OCc3ccccc3)cc2F)c(C2(O)CCC2)cc1OCc1ccccc1. The predicted octanol–water partition coefficient (Wildman–Crippen LogP) is 7.58. The highest BCUT2D eigenvalue weighted by Crippen LogP contribution is 2.47. The van der Waals surface area contributed by atoms with E-state index in [1.165, 1.54) is 6.07 Å². The summed E-state index contributed by atoms with van der Waals surface area (Å²) in [5.41, 5.74) is 4.01. The van der Waals surface area contributed by atoms with E-state index in [1.54, 1.807) is 12.1 Å². The van der Waals surface area contributed by atoms with Gasteiger partial charge in [-0.15, -0.1) is 0 Å². The predicted molar refractivity (Wildman–Crippen MR) is 141 cm³/mol. The molecule has 0 unspecified atom stereocenters. The van der Waals surface area contributed by atoms with Crippen LogP contribution in [-0.2, 0) is 25.2 Å². The Kier molecular flexibility index (Phi) is 7.06. The van der Waals surface area contributed by atoms with E-state index >= 15 is 4.39 Å². The van der Waals surface area contributed by atoms with Crippen molar-refractivity contribution in [1.29, 1.82) is 0 Å². The van der Waals surface area contributed by atoms with Crippen molar-refractivity contribution in [2.75, 3.05) is 0 Å². The number of benzene rings is 4. The van der Waals surface area contributed by atoms with Crippen LogP contribution >= 0.6 is 0 Å². The Balaban J connectivity index is 1.46. The number of rotatable bonds is 9. The summed E-state index contributed by atoms with van der Waals surface area (Å²) in [5.74, 6) is 0.843. The standard InChI is InChI=1S/C32H31FO3/c1-2-25-18-28(27-15-14-26(19-30(27)33)35-21-23-10-5-3-6-11-23)29(32(34)16-9-17-32)20-31(25)36-22-24-12-7-4-8-13-24/h3-8,10-15,18-20,34H,2,9,16-17,21-22H2,1H3. The van der Waals surface area contributed by atoms with Crippen LogP contribution < -0.4 is 9.47 Å². The molecule has 0 aromatic heterocycles. The normalized spacial score (nSPS) is 14.2. The molecule has 0 aliphatic heterocycles. The summed E-state index contributed by atoms with van der Waals surface area (Å²) < 4.78 is 27.5. The zero-order valence-corrected chi connectivity index (χ0v) is 20.5. The molecular weight excluding hydrogens is 451 g/mol. The summed E-state index contributed by atoms with van der Waals surface area (Å²) in [7, 11) is 0. The van der Waals surface area contributed by atoms with Crippen molar-refractivity contribution in [3.05, 3.63) is 119 Å². The van der Waals surface area contributed by atoms with Crippen LogP contribution in [0.1, 0.15) is 48.4 Å². The molecule has 184 valence electrons. The van der Waals surface area contributed by atoms with Crippen LogP contribution in [0.25, 0.3) is 11.1 Å². The van der Waals surface area contributed by atoms with E-state index in [0.717, 1.165) is 40.8 Å². The maximum atomic E-state index is 15.5. The molecule has 3 nitrogen and oxygen atoms in total.